The highest BCUT2D eigenvalue weighted by molar-refractivity contribution is 7.48. The summed E-state index contributed by atoms with van der Waals surface area (Å²) in [5.41, 5.74) is -0.00820. The molecule has 9 heteroatoms. The fraction of sp³-hybridized carbons (Fsp3) is 0.125. The van der Waals surface area contributed by atoms with Crippen molar-refractivity contribution in [2.75, 3.05) is 14.2 Å². The molecule has 2 aromatic rings. The van der Waals surface area contributed by atoms with Gasteiger partial charge in [-0.2, -0.15) is 0 Å². The van der Waals surface area contributed by atoms with Gasteiger partial charge in [-0.05, 0) is 48.5 Å². The minimum Gasteiger partial charge on any atom is -0.497 e. The molecule has 0 atom stereocenters. The SMILES string of the molecule is COc1ccc(C(=O)OP(=O)(O)OC(=O)c2ccc(OC)cc2)cc1. The molecule has 132 valence electrons. The second-order valence-corrected chi connectivity index (χ2v) is 5.99. The van der Waals surface area contributed by atoms with E-state index in [-0.39, 0.29) is 11.1 Å². The average Bonchev–Trinajstić information content (AvgIpc) is 2.61. The molecule has 0 saturated carbocycles. The van der Waals surface area contributed by atoms with Crippen LogP contribution in [0.5, 0.6) is 11.5 Å². The van der Waals surface area contributed by atoms with Crippen molar-refractivity contribution >= 4 is 19.8 Å². The Balaban J connectivity index is 2.03. The van der Waals surface area contributed by atoms with Gasteiger partial charge in [-0.15, -0.1) is 0 Å². The summed E-state index contributed by atoms with van der Waals surface area (Å²) in [5, 5.41) is 0. The van der Waals surface area contributed by atoms with Gasteiger partial charge in [0.2, 0.25) is 0 Å². The Kier molecular flexibility index (Phi) is 5.80. The first-order chi connectivity index (χ1) is 11.8. The minimum absolute atomic E-state index is 0.00410. The third-order valence-corrected chi connectivity index (χ3v) is 3.84. The molecule has 0 aromatic heterocycles. The van der Waals surface area contributed by atoms with Crippen molar-refractivity contribution < 1.29 is 37.6 Å². The van der Waals surface area contributed by atoms with Gasteiger partial charge in [-0.1, -0.05) is 0 Å². The number of carbonyl (C=O) groups is 2. The summed E-state index contributed by atoms with van der Waals surface area (Å²) in [7, 11) is -2.03. The summed E-state index contributed by atoms with van der Waals surface area (Å²) >= 11 is 0. The summed E-state index contributed by atoms with van der Waals surface area (Å²) in [6, 6.07) is 11.3. The van der Waals surface area contributed by atoms with Crippen molar-refractivity contribution in [3.05, 3.63) is 59.7 Å². The normalized spacial score (nSPS) is 10.7. The highest BCUT2D eigenvalue weighted by Gasteiger charge is 2.31. The number of phosphoric ester groups is 1. The largest absolute Gasteiger partial charge is 0.589 e. The lowest BCUT2D eigenvalue weighted by atomic mass is 10.2. The van der Waals surface area contributed by atoms with Crippen LogP contribution in [-0.4, -0.2) is 31.1 Å². The maximum Gasteiger partial charge on any atom is 0.589 e. The third kappa shape index (κ3) is 5.07. The molecular weight excluding hydrogens is 351 g/mol. The monoisotopic (exact) mass is 366 g/mol. The first kappa shape index (κ1) is 18.5. The summed E-state index contributed by atoms with van der Waals surface area (Å²) in [5.74, 6) is -1.24. The van der Waals surface area contributed by atoms with Crippen LogP contribution in [0.4, 0.5) is 0 Å². The fourth-order valence-electron chi connectivity index (χ4n) is 1.79. The summed E-state index contributed by atoms with van der Waals surface area (Å²) in [6.45, 7) is 0. The quantitative estimate of drug-likeness (QED) is 0.778. The van der Waals surface area contributed by atoms with Gasteiger partial charge in [0.1, 0.15) is 11.5 Å². The molecule has 0 radical (unpaired) electrons. The zero-order valence-electron chi connectivity index (χ0n) is 13.4. The van der Waals surface area contributed by atoms with Crippen LogP contribution in [0.1, 0.15) is 20.7 Å². The van der Waals surface area contributed by atoms with Crippen molar-refractivity contribution in [3.63, 3.8) is 0 Å². The molecule has 1 N–H and O–H groups in total. The highest BCUT2D eigenvalue weighted by atomic mass is 31.2. The molecule has 0 bridgehead atoms. The van der Waals surface area contributed by atoms with Crippen molar-refractivity contribution in [1.29, 1.82) is 0 Å². The van der Waals surface area contributed by atoms with E-state index in [0.29, 0.717) is 11.5 Å². The summed E-state index contributed by atoms with van der Waals surface area (Å²) in [6.07, 6.45) is 0. The Morgan fingerprint density at radius 3 is 1.36 bits per heavy atom. The van der Waals surface area contributed by atoms with Crippen molar-refractivity contribution in [2.45, 2.75) is 0 Å². The van der Waals surface area contributed by atoms with Crippen molar-refractivity contribution in [3.8, 4) is 11.5 Å². The van der Waals surface area contributed by atoms with Gasteiger partial charge in [-0.3, -0.25) is 4.89 Å². The minimum atomic E-state index is -4.93. The van der Waals surface area contributed by atoms with Crippen LogP contribution in [0.3, 0.4) is 0 Å². The van der Waals surface area contributed by atoms with Gasteiger partial charge < -0.3 is 18.5 Å². The molecule has 25 heavy (non-hydrogen) atoms. The van der Waals surface area contributed by atoms with E-state index in [1.807, 2.05) is 0 Å². The van der Waals surface area contributed by atoms with E-state index in [1.165, 1.54) is 62.8 Å². The first-order valence-electron chi connectivity index (χ1n) is 6.93. The van der Waals surface area contributed by atoms with E-state index in [2.05, 4.69) is 9.05 Å². The van der Waals surface area contributed by atoms with Crippen LogP contribution in [0.25, 0.3) is 0 Å². The zero-order valence-corrected chi connectivity index (χ0v) is 14.3. The zero-order chi connectivity index (χ0) is 18.4. The Hall–Kier alpha value is -2.83. The van der Waals surface area contributed by atoms with Crippen LogP contribution in [0, 0.1) is 0 Å². The number of methoxy groups -OCH3 is 2. The Morgan fingerprint density at radius 1 is 0.760 bits per heavy atom. The van der Waals surface area contributed by atoms with E-state index in [9.17, 15) is 19.0 Å². The van der Waals surface area contributed by atoms with Gasteiger partial charge in [0.25, 0.3) is 0 Å². The van der Waals surface area contributed by atoms with E-state index in [0.717, 1.165) is 0 Å². The van der Waals surface area contributed by atoms with Crippen molar-refractivity contribution in [1.82, 2.24) is 0 Å². The molecule has 0 fully saturated rings. The fourth-order valence-corrected chi connectivity index (χ4v) is 2.45. The smallest absolute Gasteiger partial charge is 0.497 e. The number of rotatable bonds is 6. The summed E-state index contributed by atoms with van der Waals surface area (Å²) in [4.78, 5) is 33.3. The number of hydrogen-bond donors (Lipinski definition) is 1. The molecule has 0 amide bonds. The average molecular weight is 366 g/mol. The molecule has 0 aliphatic heterocycles. The molecular formula is C16H15O8P. The first-order valence-corrected chi connectivity index (χ1v) is 8.43. The molecule has 0 unspecified atom stereocenters. The highest BCUT2D eigenvalue weighted by Crippen LogP contribution is 2.45. The van der Waals surface area contributed by atoms with E-state index < -0.39 is 19.8 Å². The van der Waals surface area contributed by atoms with E-state index in [1.54, 1.807) is 0 Å². The molecule has 8 nitrogen and oxygen atoms in total. The Bertz CT molecular complexity index is 732. The van der Waals surface area contributed by atoms with Gasteiger partial charge in [0.05, 0.1) is 25.3 Å². The third-order valence-electron chi connectivity index (χ3n) is 3.05. The predicted octanol–water partition coefficient (Wildman–Crippen LogP) is 2.82. The standard InChI is InChI=1S/C16H15O8P/c1-21-13-7-3-11(4-8-13)15(17)23-25(19,20)24-16(18)12-5-9-14(22-2)10-6-12/h3-10H,1-2H3,(H,19,20). The Labute approximate surface area is 143 Å². The van der Waals surface area contributed by atoms with E-state index in [4.69, 9.17) is 9.47 Å². The maximum atomic E-state index is 11.9. The van der Waals surface area contributed by atoms with Crippen LogP contribution in [-0.2, 0) is 13.6 Å². The van der Waals surface area contributed by atoms with Gasteiger partial charge in [0.15, 0.2) is 0 Å². The second kappa shape index (κ2) is 7.83. The van der Waals surface area contributed by atoms with Gasteiger partial charge >= 0.3 is 19.8 Å². The number of phosphoric acid groups is 1. The number of carbonyl (C=O) groups excluding carboxylic acids is 2. The van der Waals surface area contributed by atoms with Crippen LogP contribution in [0.15, 0.2) is 48.5 Å². The van der Waals surface area contributed by atoms with Gasteiger partial charge in [0, 0.05) is 0 Å². The lowest BCUT2D eigenvalue weighted by Gasteiger charge is -2.12. The van der Waals surface area contributed by atoms with E-state index >= 15 is 0 Å². The van der Waals surface area contributed by atoms with Crippen LogP contribution >= 0.6 is 7.82 Å². The maximum absolute atomic E-state index is 11.9. The summed E-state index contributed by atoms with van der Waals surface area (Å²) < 4.78 is 30.5. The number of hydrogen-bond acceptors (Lipinski definition) is 7. The lowest BCUT2D eigenvalue weighted by Crippen LogP contribution is -2.09. The molecule has 2 aromatic carbocycles. The second-order valence-electron chi connectivity index (χ2n) is 4.68. The van der Waals surface area contributed by atoms with Crippen LogP contribution in [0.2, 0.25) is 0 Å². The molecule has 2 rings (SSSR count). The van der Waals surface area contributed by atoms with Gasteiger partial charge in [-0.25, -0.2) is 14.2 Å². The number of ether oxygens (including phenoxy) is 2. The number of benzene rings is 2. The topological polar surface area (TPSA) is 108 Å². The lowest BCUT2D eigenvalue weighted by molar-refractivity contribution is 0.0566. The predicted molar refractivity (Wildman–Crippen MR) is 86.6 cm³/mol. The van der Waals surface area contributed by atoms with Crippen LogP contribution < -0.4 is 9.47 Å². The molecule has 0 aliphatic rings. The van der Waals surface area contributed by atoms with Crippen molar-refractivity contribution in [2.24, 2.45) is 0 Å². The Morgan fingerprint density at radius 2 is 1.08 bits per heavy atom. The molecule has 0 aliphatic carbocycles. The molecule has 0 saturated heterocycles. The molecule has 0 spiro atoms. The molecule has 0 heterocycles.